The molecular weight excluding hydrogens is 410 g/mol. The van der Waals surface area contributed by atoms with Crippen molar-refractivity contribution in [3.63, 3.8) is 0 Å². The molecule has 0 radical (unpaired) electrons. The number of rotatable bonds is 4. The highest BCUT2D eigenvalue weighted by Gasteiger charge is 2.22. The third-order valence-electron chi connectivity index (χ3n) is 6.09. The maximum absolute atomic E-state index is 12.7. The maximum Gasteiger partial charge on any atom is 0.255 e. The topological polar surface area (TPSA) is 52.7 Å². The first-order chi connectivity index (χ1) is 16.2. The molecule has 0 saturated carbocycles. The number of anilines is 2. The first-order valence-corrected chi connectivity index (χ1v) is 11.2. The van der Waals surface area contributed by atoms with E-state index >= 15 is 0 Å². The Morgan fingerprint density at radius 2 is 1.30 bits per heavy atom. The molecule has 0 bridgehead atoms. The molecule has 4 aromatic rings. The van der Waals surface area contributed by atoms with Crippen molar-refractivity contribution in [2.24, 2.45) is 0 Å². The van der Waals surface area contributed by atoms with Crippen molar-refractivity contribution in [2.75, 3.05) is 36.4 Å². The average Bonchev–Trinajstić information content (AvgIpc) is 2.89. The first kappa shape index (κ1) is 20.8. The summed E-state index contributed by atoms with van der Waals surface area (Å²) >= 11 is 0. The van der Waals surface area contributed by atoms with Gasteiger partial charge in [0, 0.05) is 48.7 Å². The van der Waals surface area contributed by atoms with E-state index in [-0.39, 0.29) is 11.8 Å². The molecule has 33 heavy (non-hydrogen) atoms. The summed E-state index contributed by atoms with van der Waals surface area (Å²) in [5.74, 6) is -0.0384. The molecule has 1 saturated heterocycles. The van der Waals surface area contributed by atoms with Crippen molar-refractivity contribution in [3.8, 4) is 0 Å². The van der Waals surface area contributed by atoms with Crippen LogP contribution in [0.5, 0.6) is 0 Å². The lowest BCUT2D eigenvalue weighted by molar-refractivity contribution is 0.0746. The highest BCUT2D eigenvalue weighted by molar-refractivity contribution is 6.06. The van der Waals surface area contributed by atoms with Gasteiger partial charge in [0.25, 0.3) is 11.8 Å². The molecular formula is C28H25N3O2. The molecule has 1 N–H and O–H groups in total. The van der Waals surface area contributed by atoms with Gasteiger partial charge in [-0.2, -0.15) is 0 Å². The van der Waals surface area contributed by atoms with Gasteiger partial charge in [0.1, 0.15) is 0 Å². The van der Waals surface area contributed by atoms with Crippen LogP contribution in [-0.4, -0.2) is 42.9 Å². The van der Waals surface area contributed by atoms with Gasteiger partial charge in [-0.05, 0) is 59.3 Å². The second kappa shape index (κ2) is 9.17. The van der Waals surface area contributed by atoms with Crippen molar-refractivity contribution < 1.29 is 9.59 Å². The van der Waals surface area contributed by atoms with Gasteiger partial charge >= 0.3 is 0 Å². The summed E-state index contributed by atoms with van der Waals surface area (Å²) in [6.07, 6.45) is 0. The molecule has 5 nitrogen and oxygen atoms in total. The molecule has 1 fully saturated rings. The van der Waals surface area contributed by atoms with Crippen LogP contribution in [0, 0.1) is 0 Å². The average molecular weight is 436 g/mol. The lowest BCUT2D eigenvalue weighted by Crippen LogP contribution is -2.48. The third-order valence-corrected chi connectivity index (χ3v) is 6.09. The zero-order valence-electron chi connectivity index (χ0n) is 18.3. The number of nitrogens with one attached hydrogen (secondary N) is 1. The van der Waals surface area contributed by atoms with Gasteiger partial charge in [-0.15, -0.1) is 0 Å². The summed E-state index contributed by atoms with van der Waals surface area (Å²) in [5, 5.41) is 5.14. The Hall–Kier alpha value is -4.12. The van der Waals surface area contributed by atoms with Gasteiger partial charge in [-0.3, -0.25) is 9.59 Å². The number of carbonyl (C=O) groups is 2. The monoisotopic (exact) mass is 435 g/mol. The summed E-state index contributed by atoms with van der Waals surface area (Å²) in [6.45, 7) is 2.94. The smallest absolute Gasteiger partial charge is 0.255 e. The zero-order chi connectivity index (χ0) is 22.6. The van der Waals surface area contributed by atoms with Crippen LogP contribution >= 0.6 is 0 Å². The van der Waals surface area contributed by atoms with Gasteiger partial charge in [-0.1, -0.05) is 48.5 Å². The molecule has 2 amide bonds. The molecule has 0 aliphatic carbocycles. The van der Waals surface area contributed by atoms with E-state index in [1.165, 1.54) is 0 Å². The Kier molecular flexibility index (Phi) is 5.77. The number of benzene rings is 4. The van der Waals surface area contributed by atoms with E-state index in [2.05, 4.69) is 10.2 Å². The van der Waals surface area contributed by atoms with E-state index in [1.807, 2.05) is 102 Å². The minimum Gasteiger partial charge on any atom is -0.368 e. The Balaban J connectivity index is 1.19. The molecule has 164 valence electrons. The highest BCUT2D eigenvalue weighted by Crippen LogP contribution is 2.22. The lowest BCUT2D eigenvalue weighted by Gasteiger charge is -2.36. The number of amides is 2. The Bertz CT molecular complexity index is 1280. The number of piperazine rings is 1. The minimum absolute atomic E-state index is 0.0852. The fourth-order valence-corrected chi connectivity index (χ4v) is 4.22. The molecule has 5 heteroatoms. The second-order valence-corrected chi connectivity index (χ2v) is 8.21. The van der Waals surface area contributed by atoms with E-state index in [0.717, 1.165) is 40.8 Å². The summed E-state index contributed by atoms with van der Waals surface area (Å²) in [5.41, 5.74) is 3.22. The predicted molar refractivity (Wildman–Crippen MR) is 133 cm³/mol. The van der Waals surface area contributed by atoms with Crippen LogP contribution in [-0.2, 0) is 0 Å². The number of fused-ring (bicyclic) bond motifs is 1. The third kappa shape index (κ3) is 4.58. The minimum atomic E-state index is -0.124. The Labute approximate surface area is 193 Å². The van der Waals surface area contributed by atoms with Gasteiger partial charge < -0.3 is 15.1 Å². The van der Waals surface area contributed by atoms with Crippen molar-refractivity contribution >= 4 is 34.0 Å². The van der Waals surface area contributed by atoms with Crippen LogP contribution in [0.4, 0.5) is 11.4 Å². The highest BCUT2D eigenvalue weighted by atomic mass is 16.2. The van der Waals surface area contributed by atoms with Crippen LogP contribution in [0.3, 0.4) is 0 Å². The zero-order valence-corrected chi connectivity index (χ0v) is 18.3. The van der Waals surface area contributed by atoms with Crippen molar-refractivity contribution in [3.05, 3.63) is 108 Å². The van der Waals surface area contributed by atoms with E-state index < -0.39 is 0 Å². The summed E-state index contributed by atoms with van der Waals surface area (Å²) in [6, 6.07) is 31.1. The summed E-state index contributed by atoms with van der Waals surface area (Å²) in [4.78, 5) is 29.5. The predicted octanol–water partition coefficient (Wildman–Crippen LogP) is 5.05. The molecule has 0 unspecified atom stereocenters. The largest absolute Gasteiger partial charge is 0.368 e. The lowest BCUT2D eigenvalue weighted by atomic mass is 10.1. The van der Waals surface area contributed by atoms with E-state index in [9.17, 15) is 9.59 Å². The molecule has 4 aromatic carbocycles. The first-order valence-electron chi connectivity index (χ1n) is 11.2. The molecule has 0 atom stereocenters. The number of carbonyl (C=O) groups excluding carboxylic acids is 2. The van der Waals surface area contributed by atoms with Gasteiger partial charge in [-0.25, -0.2) is 0 Å². The number of hydrogen-bond donors (Lipinski definition) is 1. The molecule has 0 aromatic heterocycles. The van der Waals surface area contributed by atoms with Crippen LogP contribution in [0.15, 0.2) is 97.1 Å². The molecule has 1 aliphatic heterocycles. The number of hydrogen-bond acceptors (Lipinski definition) is 3. The Morgan fingerprint density at radius 1 is 0.636 bits per heavy atom. The summed E-state index contributed by atoms with van der Waals surface area (Å²) < 4.78 is 0. The molecule has 1 heterocycles. The van der Waals surface area contributed by atoms with Crippen LogP contribution in [0.25, 0.3) is 10.8 Å². The van der Waals surface area contributed by atoms with Crippen LogP contribution in [0.2, 0.25) is 0 Å². The van der Waals surface area contributed by atoms with Gasteiger partial charge in [0.2, 0.25) is 0 Å². The van der Waals surface area contributed by atoms with Crippen molar-refractivity contribution in [1.29, 1.82) is 0 Å². The van der Waals surface area contributed by atoms with Gasteiger partial charge in [0.05, 0.1) is 0 Å². The van der Waals surface area contributed by atoms with E-state index in [4.69, 9.17) is 0 Å². The van der Waals surface area contributed by atoms with Gasteiger partial charge in [0.15, 0.2) is 0 Å². The van der Waals surface area contributed by atoms with Crippen molar-refractivity contribution in [2.45, 2.75) is 0 Å². The normalized spacial score (nSPS) is 13.7. The fraction of sp³-hybridized carbons (Fsp3) is 0.143. The van der Waals surface area contributed by atoms with E-state index in [1.54, 1.807) is 0 Å². The standard InChI is InChI=1S/C28H25N3O2/c32-27(24-11-10-21-6-4-5-9-23(21)20-24)29-25-12-14-26(15-13-25)30-16-18-31(19-17-30)28(33)22-7-2-1-3-8-22/h1-15,20H,16-19H2,(H,29,32). The SMILES string of the molecule is O=C(Nc1ccc(N2CCN(C(=O)c3ccccc3)CC2)cc1)c1ccc2ccccc2c1. The van der Waals surface area contributed by atoms with Crippen LogP contribution in [0.1, 0.15) is 20.7 Å². The van der Waals surface area contributed by atoms with E-state index in [0.29, 0.717) is 18.7 Å². The quantitative estimate of drug-likeness (QED) is 0.488. The Morgan fingerprint density at radius 3 is 2.03 bits per heavy atom. The van der Waals surface area contributed by atoms with Crippen LogP contribution < -0.4 is 10.2 Å². The maximum atomic E-state index is 12.7. The number of nitrogens with zero attached hydrogens (tertiary/aromatic N) is 2. The van der Waals surface area contributed by atoms with Crippen molar-refractivity contribution in [1.82, 2.24) is 4.90 Å². The molecule has 1 aliphatic rings. The molecule has 5 rings (SSSR count). The second-order valence-electron chi connectivity index (χ2n) is 8.21. The fourth-order valence-electron chi connectivity index (χ4n) is 4.22. The molecule has 0 spiro atoms. The summed E-state index contributed by atoms with van der Waals surface area (Å²) in [7, 11) is 0.